The molecular weight excluding hydrogens is 426 g/mol. The third kappa shape index (κ3) is 5.92. The number of hydrogen-bond acceptors (Lipinski definition) is 4. The summed E-state index contributed by atoms with van der Waals surface area (Å²) in [7, 11) is 3.37. The van der Waals surface area contributed by atoms with E-state index in [1.807, 2.05) is 56.3 Å². The summed E-state index contributed by atoms with van der Waals surface area (Å²) in [6.45, 7) is 5.46. The highest BCUT2D eigenvalue weighted by Crippen LogP contribution is 2.23. The first kappa shape index (κ1) is 23.4. The van der Waals surface area contributed by atoms with Gasteiger partial charge in [-0.3, -0.25) is 9.48 Å². The summed E-state index contributed by atoms with van der Waals surface area (Å²) in [5.74, 6) is 1.40. The quantitative estimate of drug-likeness (QED) is 0.422. The third-order valence-corrected chi connectivity index (χ3v) is 5.41. The zero-order chi connectivity index (χ0) is 23.1. The lowest BCUT2D eigenvalue weighted by Gasteiger charge is -2.16. The summed E-state index contributed by atoms with van der Waals surface area (Å²) < 4.78 is 13.2. The highest BCUT2D eigenvalue weighted by Gasteiger charge is 2.13. The number of ether oxygens (including phenoxy) is 2. The third-order valence-electron chi connectivity index (χ3n) is 5.10. The Bertz CT molecular complexity index is 1090. The van der Waals surface area contributed by atoms with Crippen LogP contribution in [0, 0.1) is 6.92 Å². The number of carbonyl (C=O) groups is 1. The lowest BCUT2D eigenvalue weighted by atomic mass is 10.1. The molecule has 7 heteroatoms. The predicted octanol–water partition coefficient (Wildman–Crippen LogP) is 5.12. The maximum absolute atomic E-state index is 12.6. The van der Waals surface area contributed by atoms with E-state index in [1.54, 1.807) is 42.1 Å². The number of aromatic nitrogens is 2. The number of nitrogens with zero attached hydrogens (tertiary/aromatic N) is 3. The van der Waals surface area contributed by atoms with Gasteiger partial charge in [-0.05, 0) is 49.8 Å². The van der Waals surface area contributed by atoms with E-state index in [4.69, 9.17) is 21.1 Å². The molecule has 1 heterocycles. The Morgan fingerprint density at radius 1 is 1.22 bits per heavy atom. The van der Waals surface area contributed by atoms with E-state index in [1.165, 1.54) is 5.56 Å². The lowest BCUT2D eigenvalue weighted by molar-refractivity contribution is -0.125. The van der Waals surface area contributed by atoms with Crippen molar-refractivity contribution in [3.05, 3.63) is 82.1 Å². The number of likely N-dealkylation sites (N-methyl/N-ethyl adjacent to an activating group) is 1. The second-order valence-corrected chi connectivity index (χ2v) is 7.86. The van der Waals surface area contributed by atoms with Crippen molar-refractivity contribution in [1.82, 2.24) is 14.7 Å². The normalized spacial score (nSPS) is 11.0. The fraction of sp³-hybridized carbons (Fsp3) is 0.280. The number of carbonyl (C=O) groups excluding carboxylic acids is 1. The summed E-state index contributed by atoms with van der Waals surface area (Å²) in [6, 6.07) is 13.6. The van der Waals surface area contributed by atoms with Crippen molar-refractivity contribution in [3.63, 3.8) is 0 Å². The maximum Gasteiger partial charge on any atom is 0.246 e. The molecule has 0 aliphatic rings. The van der Waals surface area contributed by atoms with Gasteiger partial charge in [-0.1, -0.05) is 35.4 Å². The molecule has 0 fully saturated rings. The summed E-state index contributed by atoms with van der Waals surface area (Å²) in [4.78, 5) is 14.2. The van der Waals surface area contributed by atoms with Crippen LogP contribution in [0.5, 0.6) is 11.5 Å². The summed E-state index contributed by atoms with van der Waals surface area (Å²) >= 11 is 6.21. The molecule has 1 aromatic heterocycles. The number of methoxy groups -OCH3 is 1. The van der Waals surface area contributed by atoms with Crippen LogP contribution in [-0.2, 0) is 24.5 Å². The molecule has 0 saturated heterocycles. The van der Waals surface area contributed by atoms with Gasteiger partial charge in [-0.15, -0.1) is 0 Å². The highest BCUT2D eigenvalue weighted by molar-refractivity contribution is 6.31. The average Bonchev–Trinajstić information content (AvgIpc) is 3.16. The van der Waals surface area contributed by atoms with Gasteiger partial charge in [0, 0.05) is 25.2 Å². The number of halogens is 1. The monoisotopic (exact) mass is 453 g/mol. The Balaban J connectivity index is 1.67. The molecule has 2 aromatic carbocycles. The second kappa shape index (κ2) is 10.9. The van der Waals surface area contributed by atoms with Gasteiger partial charge in [-0.25, -0.2) is 0 Å². The average molecular weight is 454 g/mol. The zero-order valence-electron chi connectivity index (χ0n) is 18.8. The summed E-state index contributed by atoms with van der Waals surface area (Å²) in [5, 5.41) is 4.77. The molecule has 0 radical (unpaired) electrons. The summed E-state index contributed by atoms with van der Waals surface area (Å²) in [6.07, 6.45) is 4.94. The van der Waals surface area contributed by atoms with Gasteiger partial charge in [-0.2, -0.15) is 5.10 Å². The zero-order valence-corrected chi connectivity index (χ0v) is 19.6. The topological polar surface area (TPSA) is 56.6 Å². The largest absolute Gasteiger partial charge is 0.496 e. The van der Waals surface area contributed by atoms with Crippen LogP contribution in [0.15, 0.2) is 54.7 Å². The van der Waals surface area contributed by atoms with E-state index in [0.29, 0.717) is 24.7 Å². The number of amides is 1. The molecule has 32 heavy (non-hydrogen) atoms. The van der Waals surface area contributed by atoms with Crippen molar-refractivity contribution in [3.8, 4) is 11.5 Å². The van der Waals surface area contributed by atoms with Crippen molar-refractivity contribution in [1.29, 1.82) is 0 Å². The molecule has 1 amide bonds. The van der Waals surface area contributed by atoms with Gasteiger partial charge in [0.05, 0.1) is 30.6 Å². The lowest BCUT2D eigenvalue weighted by Crippen LogP contribution is -2.25. The molecule has 168 valence electrons. The smallest absolute Gasteiger partial charge is 0.246 e. The van der Waals surface area contributed by atoms with Crippen LogP contribution in [0.4, 0.5) is 0 Å². The molecule has 3 aromatic rings. The number of benzene rings is 2. The molecule has 0 spiro atoms. The van der Waals surface area contributed by atoms with Crippen LogP contribution in [-0.4, -0.2) is 34.7 Å². The first-order chi connectivity index (χ1) is 15.4. The fourth-order valence-electron chi connectivity index (χ4n) is 3.23. The van der Waals surface area contributed by atoms with Crippen LogP contribution >= 0.6 is 11.6 Å². The highest BCUT2D eigenvalue weighted by atomic mass is 35.5. The van der Waals surface area contributed by atoms with Crippen molar-refractivity contribution < 1.29 is 14.3 Å². The van der Waals surface area contributed by atoms with Gasteiger partial charge in [0.15, 0.2) is 0 Å². The molecular formula is C25H28ClN3O3. The van der Waals surface area contributed by atoms with E-state index < -0.39 is 0 Å². The van der Waals surface area contributed by atoms with E-state index in [0.717, 1.165) is 28.3 Å². The standard InChI is InChI=1S/C25H28ClN3O3/c1-5-29-23(22(26)15-27-29)16-28(3)25(30)13-9-19-8-12-24(31-4)20(14-19)17-32-21-10-6-18(2)7-11-21/h6-15H,5,16-17H2,1-4H3/b13-9+. The van der Waals surface area contributed by atoms with Crippen molar-refractivity contribution >= 4 is 23.6 Å². The van der Waals surface area contributed by atoms with E-state index in [9.17, 15) is 4.79 Å². The number of aryl methyl sites for hydroxylation is 2. The van der Waals surface area contributed by atoms with E-state index >= 15 is 0 Å². The second-order valence-electron chi connectivity index (χ2n) is 7.46. The van der Waals surface area contributed by atoms with E-state index in [2.05, 4.69) is 5.10 Å². The van der Waals surface area contributed by atoms with Crippen molar-refractivity contribution in [2.75, 3.05) is 14.2 Å². The van der Waals surface area contributed by atoms with Gasteiger partial charge in [0.1, 0.15) is 18.1 Å². The van der Waals surface area contributed by atoms with E-state index in [-0.39, 0.29) is 5.91 Å². The fourth-order valence-corrected chi connectivity index (χ4v) is 3.43. The van der Waals surface area contributed by atoms with Crippen LogP contribution in [0.2, 0.25) is 5.02 Å². The van der Waals surface area contributed by atoms with Crippen LogP contribution < -0.4 is 9.47 Å². The molecule has 0 saturated carbocycles. The molecule has 0 bridgehead atoms. The first-order valence-electron chi connectivity index (χ1n) is 10.4. The molecule has 0 unspecified atom stereocenters. The minimum atomic E-state index is -0.127. The SMILES string of the molecule is CCn1ncc(Cl)c1CN(C)C(=O)/C=C/c1ccc(OC)c(COc2ccc(C)cc2)c1. The number of rotatable bonds is 9. The number of hydrogen-bond donors (Lipinski definition) is 0. The Labute approximate surface area is 194 Å². The predicted molar refractivity (Wildman–Crippen MR) is 127 cm³/mol. The molecule has 0 N–H and O–H groups in total. The molecule has 3 rings (SSSR count). The molecule has 0 aliphatic carbocycles. The van der Waals surface area contributed by atoms with Gasteiger partial charge in [0.25, 0.3) is 0 Å². The molecule has 6 nitrogen and oxygen atoms in total. The van der Waals surface area contributed by atoms with Crippen LogP contribution in [0.1, 0.15) is 29.3 Å². The van der Waals surface area contributed by atoms with Crippen LogP contribution in [0.3, 0.4) is 0 Å². The minimum absolute atomic E-state index is 0.127. The Hall–Kier alpha value is -3.25. The van der Waals surface area contributed by atoms with Gasteiger partial charge in [0.2, 0.25) is 5.91 Å². The van der Waals surface area contributed by atoms with Gasteiger partial charge < -0.3 is 14.4 Å². The molecule has 0 aliphatic heterocycles. The summed E-state index contributed by atoms with van der Waals surface area (Å²) in [5.41, 5.74) is 3.78. The Morgan fingerprint density at radius 2 is 1.97 bits per heavy atom. The minimum Gasteiger partial charge on any atom is -0.496 e. The van der Waals surface area contributed by atoms with Gasteiger partial charge >= 0.3 is 0 Å². The Morgan fingerprint density at radius 3 is 2.66 bits per heavy atom. The Kier molecular flexibility index (Phi) is 7.95. The van der Waals surface area contributed by atoms with Crippen molar-refractivity contribution in [2.24, 2.45) is 0 Å². The molecule has 0 atom stereocenters. The van der Waals surface area contributed by atoms with Crippen molar-refractivity contribution in [2.45, 2.75) is 33.5 Å². The van der Waals surface area contributed by atoms with Crippen LogP contribution in [0.25, 0.3) is 6.08 Å². The first-order valence-corrected chi connectivity index (χ1v) is 10.8. The maximum atomic E-state index is 12.6.